The molecule has 122 valence electrons. The Bertz CT molecular complexity index is 573. The Labute approximate surface area is 131 Å². The van der Waals surface area contributed by atoms with Gasteiger partial charge in [0.1, 0.15) is 6.04 Å². The minimum absolute atomic E-state index is 0. The third-order valence-electron chi connectivity index (χ3n) is 3.27. The normalized spacial score (nSPS) is 25.2. The number of alkyl halides is 2. The maximum absolute atomic E-state index is 12.9. The van der Waals surface area contributed by atoms with Crippen LogP contribution in [-0.2, 0) is 9.53 Å². The van der Waals surface area contributed by atoms with Gasteiger partial charge in [0.05, 0.1) is 12.7 Å². The zero-order chi connectivity index (χ0) is 15.0. The molecule has 0 aromatic heterocycles. The quantitative estimate of drug-likeness (QED) is 0.861. The van der Waals surface area contributed by atoms with Gasteiger partial charge in [-0.2, -0.15) is 0 Å². The number of morpholine rings is 1. The summed E-state index contributed by atoms with van der Waals surface area (Å²) < 4.78 is 39.8. The fourth-order valence-electron chi connectivity index (χ4n) is 2.27. The monoisotopic (exact) mass is 336 g/mol. The van der Waals surface area contributed by atoms with Crippen LogP contribution in [-0.4, -0.2) is 37.5 Å². The van der Waals surface area contributed by atoms with E-state index < -0.39 is 12.3 Å². The van der Waals surface area contributed by atoms with E-state index in [1.165, 1.54) is 18.2 Å². The molecule has 3 rings (SSSR count). The molecule has 0 spiro atoms. The number of hydrogen-bond donors (Lipinski definition) is 2. The molecule has 2 atom stereocenters. The Morgan fingerprint density at radius 3 is 2.82 bits per heavy atom. The van der Waals surface area contributed by atoms with Crippen molar-refractivity contribution in [1.29, 1.82) is 0 Å². The smallest absolute Gasteiger partial charge is 0.395 e. The molecule has 9 heteroatoms. The van der Waals surface area contributed by atoms with Crippen LogP contribution < -0.4 is 20.1 Å². The Morgan fingerprint density at radius 2 is 2.09 bits per heavy atom. The van der Waals surface area contributed by atoms with E-state index >= 15 is 0 Å². The number of hydrogen-bond acceptors (Lipinski definition) is 5. The summed E-state index contributed by atoms with van der Waals surface area (Å²) in [6.07, 6.45) is -3.93. The van der Waals surface area contributed by atoms with Gasteiger partial charge in [-0.3, -0.25) is 4.79 Å². The van der Waals surface area contributed by atoms with Crippen LogP contribution >= 0.6 is 12.4 Å². The molecule has 6 nitrogen and oxygen atoms in total. The maximum Gasteiger partial charge on any atom is 0.586 e. The van der Waals surface area contributed by atoms with Crippen LogP contribution in [0.1, 0.15) is 6.92 Å². The summed E-state index contributed by atoms with van der Waals surface area (Å²) in [7, 11) is 0. The van der Waals surface area contributed by atoms with Gasteiger partial charge >= 0.3 is 6.29 Å². The first-order valence-electron chi connectivity index (χ1n) is 6.50. The molecular formula is C13H15ClF2N2O4. The van der Waals surface area contributed by atoms with Gasteiger partial charge in [-0.1, -0.05) is 0 Å². The molecule has 0 aliphatic carbocycles. The number of carbonyl (C=O) groups excluding carboxylic acids is 1. The van der Waals surface area contributed by atoms with E-state index in [0.717, 1.165) is 0 Å². The van der Waals surface area contributed by atoms with Crippen LogP contribution in [0.4, 0.5) is 14.5 Å². The first-order chi connectivity index (χ1) is 9.94. The van der Waals surface area contributed by atoms with Gasteiger partial charge in [0.2, 0.25) is 5.91 Å². The van der Waals surface area contributed by atoms with Crippen LogP contribution in [0.15, 0.2) is 18.2 Å². The molecule has 2 N–H and O–H groups in total. The molecule has 1 amide bonds. The van der Waals surface area contributed by atoms with E-state index in [9.17, 15) is 13.6 Å². The minimum Gasteiger partial charge on any atom is -0.395 e. The molecular weight excluding hydrogens is 322 g/mol. The van der Waals surface area contributed by atoms with Crippen molar-refractivity contribution < 1.29 is 27.8 Å². The van der Waals surface area contributed by atoms with Crippen LogP contribution in [0.2, 0.25) is 0 Å². The van der Waals surface area contributed by atoms with Gasteiger partial charge in [0.15, 0.2) is 11.5 Å². The number of amides is 1. The molecule has 0 bridgehead atoms. The van der Waals surface area contributed by atoms with Crippen molar-refractivity contribution in [2.45, 2.75) is 25.4 Å². The highest BCUT2D eigenvalue weighted by Gasteiger charge is 2.43. The number of nitrogens with one attached hydrogen (secondary N) is 2. The average Bonchev–Trinajstić information content (AvgIpc) is 2.72. The standard InChI is InChI=1S/C13H14F2N2O4.ClH/c1-7-11(16-4-5-19-7)12(18)17-8-2-3-9-10(6-8)21-13(14,15)20-9;/h2-3,6-7,11,16H,4-5H2,1H3,(H,17,18);1H/t7-,11+;/m1./s1. The first kappa shape index (κ1) is 16.7. The number of fused-ring (bicyclic) bond motifs is 1. The highest BCUT2D eigenvalue weighted by Crippen LogP contribution is 2.42. The van der Waals surface area contributed by atoms with Crippen molar-refractivity contribution in [1.82, 2.24) is 5.32 Å². The van der Waals surface area contributed by atoms with Crippen LogP contribution in [0.5, 0.6) is 11.5 Å². The van der Waals surface area contributed by atoms with Gasteiger partial charge < -0.3 is 24.8 Å². The predicted molar refractivity (Wildman–Crippen MR) is 75.7 cm³/mol. The Hall–Kier alpha value is -1.64. The van der Waals surface area contributed by atoms with Gasteiger partial charge in [-0.25, -0.2) is 0 Å². The predicted octanol–water partition coefficient (Wildman–Crippen LogP) is 1.75. The maximum atomic E-state index is 12.9. The number of anilines is 1. The fraction of sp³-hybridized carbons (Fsp3) is 0.462. The molecule has 0 radical (unpaired) electrons. The molecule has 1 saturated heterocycles. The van der Waals surface area contributed by atoms with E-state index in [-0.39, 0.29) is 35.9 Å². The molecule has 1 aromatic rings. The van der Waals surface area contributed by atoms with Crippen molar-refractivity contribution in [2.75, 3.05) is 18.5 Å². The van der Waals surface area contributed by atoms with Gasteiger partial charge in [0.25, 0.3) is 0 Å². The SMILES string of the molecule is C[C@H]1OCCN[C@@H]1C(=O)Nc1ccc2c(c1)OC(F)(F)O2.Cl. The Balaban J connectivity index is 0.00000176. The molecule has 22 heavy (non-hydrogen) atoms. The zero-order valence-electron chi connectivity index (χ0n) is 11.6. The summed E-state index contributed by atoms with van der Waals surface area (Å²) in [6, 6.07) is 3.59. The molecule has 2 aliphatic rings. The number of ether oxygens (including phenoxy) is 3. The lowest BCUT2D eigenvalue weighted by molar-refractivity contribution is -0.286. The van der Waals surface area contributed by atoms with Crippen LogP contribution in [0.3, 0.4) is 0 Å². The van der Waals surface area contributed by atoms with Gasteiger partial charge in [-0.15, -0.1) is 21.2 Å². The molecule has 1 fully saturated rings. The summed E-state index contributed by atoms with van der Waals surface area (Å²) >= 11 is 0. The van der Waals surface area contributed by atoms with Crippen LogP contribution in [0.25, 0.3) is 0 Å². The molecule has 0 unspecified atom stereocenters. The Morgan fingerprint density at radius 1 is 1.36 bits per heavy atom. The average molecular weight is 337 g/mol. The second kappa shape index (κ2) is 6.23. The molecule has 2 heterocycles. The summed E-state index contributed by atoms with van der Waals surface area (Å²) in [5.41, 5.74) is 0.347. The van der Waals surface area contributed by atoms with E-state index in [2.05, 4.69) is 20.1 Å². The summed E-state index contributed by atoms with van der Waals surface area (Å²) in [5.74, 6) is -0.475. The third kappa shape index (κ3) is 3.40. The Kier molecular flexibility index (Phi) is 4.74. The summed E-state index contributed by atoms with van der Waals surface area (Å²) in [4.78, 5) is 12.1. The zero-order valence-corrected chi connectivity index (χ0v) is 12.4. The second-order valence-electron chi connectivity index (χ2n) is 4.83. The summed E-state index contributed by atoms with van der Waals surface area (Å²) in [5, 5.41) is 5.68. The number of rotatable bonds is 2. The number of halogens is 3. The van der Waals surface area contributed by atoms with Crippen molar-refractivity contribution in [3.63, 3.8) is 0 Å². The van der Waals surface area contributed by atoms with Gasteiger partial charge in [0, 0.05) is 18.3 Å². The first-order valence-corrected chi connectivity index (χ1v) is 6.50. The fourth-order valence-corrected chi connectivity index (χ4v) is 2.27. The van der Waals surface area contributed by atoms with Crippen molar-refractivity contribution in [2.24, 2.45) is 0 Å². The van der Waals surface area contributed by atoms with E-state index in [4.69, 9.17) is 4.74 Å². The number of benzene rings is 1. The highest BCUT2D eigenvalue weighted by molar-refractivity contribution is 5.95. The third-order valence-corrected chi connectivity index (χ3v) is 3.27. The van der Waals surface area contributed by atoms with Crippen molar-refractivity contribution in [3.8, 4) is 11.5 Å². The number of carbonyl (C=O) groups is 1. The molecule has 0 saturated carbocycles. The molecule has 2 aliphatic heterocycles. The lowest BCUT2D eigenvalue weighted by Gasteiger charge is -2.29. The lowest BCUT2D eigenvalue weighted by Crippen LogP contribution is -2.53. The topological polar surface area (TPSA) is 68.8 Å². The van der Waals surface area contributed by atoms with Crippen molar-refractivity contribution >= 4 is 24.0 Å². The van der Waals surface area contributed by atoms with E-state index in [0.29, 0.717) is 18.8 Å². The highest BCUT2D eigenvalue weighted by atomic mass is 35.5. The molecule has 1 aromatic carbocycles. The van der Waals surface area contributed by atoms with Crippen LogP contribution in [0, 0.1) is 0 Å². The van der Waals surface area contributed by atoms with E-state index in [1.807, 2.05) is 0 Å². The second-order valence-corrected chi connectivity index (χ2v) is 4.83. The van der Waals surface area contributed by atoms with E-state index in [1.54, 1.807) is 6.92 Å². The summed E-state index contributed by atoms with van der Waals surface area (Å²) in [6.45, 7) is 2.91. The largest absolute Gasteiger partial charge is 0.586 e. The van der Waals surface area contributed by atoms with Crippen molar-refractivity contribution in [3.05, 3.63) is 18.2 Å². The lowest BCUT2D eigenvalue weighted by atomic mass is 10.1. The minimum atomic E-state index is -3.67. The van der Waals surface area contributed by atoms with Gasteiger partial charge in [-0.05, 0) is 19.1 Å².